The molecule has 3 nitrogen and oxygen atoms in total. The molecule has 0 aliphatic carbocycles. The number of hydrogen-bond acceptors (Lipinski definition) is 2. The van der Waals surface area contributed by atoms with Crippen molar-refractivity contribution in [3.8, 4) is 0 Å². The molecule has 0 unspecified atom stereocenters. The Balaban J connectivity index is 1.73. The molecule has 0 bridgehead atoms. The minimum atomic E-state index is -0.627. The zero-order chi connectivity index (χ0) is 14.7. The summed E-state index contributed by atoms with van der Waals surface area (Å²) in [6.07, 6.45) is 2.85. The zero-order valence-corrected chi connectivity index (χ0v) is 11.5. The second kappa shape index (κ2) is 5.87. The summed E-state index contributed by atoms with van der Waals surface area (Å²) in [5.74, 6) is -0.851. The summed E-state index contributed by atoms with van der Waals surface area (Å²) < 4.78 is 13.1. The number of aromatic nitrogens is 1. The number of amides is 1. The Hall–Kier alpha value is -2.49. The van der Waals surface area contributed by atoms with Gasteiger partial charge in [-0.3, -0.25) is 4.79 Å². The van der Waals surface area contributed by atoms with Crippen molar-refractivity contribution in [3.05, 3.63) is 71.8 Å². The average Bonchev–Trinajstić information content (AvgIpc) is 2.55. The third kappa shape index (κ3) is 2.99. The molecular weight excluding hydrogens is 267 g/mol. The average molecular weight is 282 g/mol. The molecule has 4 heteroatoms. The van der Waals surface area contributed by atoms with E-state index in [4.69, 9.17) is 0 Å². The van der Waals surface area contributed by atoms with Crippen LogP contribution < -0.4 is 0 Å². The molecule has 1 amide bonds. The number of pyridine rings is 1. The Bertz CT molecular complexity index is 682. The molecule has 2 heterocycles. The molecule has 0 atom stereocenters. The summed E-state index contributed by atoms with van der Waals surface area (Å²) in [5, 5.41) is 0. The summed E-state index contributed by atoms with van der Waals surface area (Å²) in [7, 11) is 0. The highest BCUT2D eigenvalue weighted by Gasteiger charge is 2.20. The first-order chi connectivity index (χ1) is 10.2. The fraction of sp³-hybridized carbons (Fsp3) is 0.176. The van der Waals surface area contributed by atoms with Crippen molar-refractivity contribution in [2.75, 3.05) is 13.1 Å². The summed E-state index contributed by atoms with van der Waals surface area (Å²) in [6.45, 7) is 1.15. The van der Waals surface area contributed by atoms with Crippen molar-refractivity contribution < 1.29 is 9.18 Å². The number of halogens is 1. The topological polar surface area (TPSA) is 33.2 Å². The fourth-order valence-electron chi connectivity index (χ4n) is 2.46. The first-order valence-electron chi connectivity index (χ1n) is 6.90. The largest absolute Gasteiger partial charge is 0.333 e. The van der Waals surface area contributed by atoms with Crippen LogP contribution in [0.5, 0.6) is 0 Å². The van der Waals surface area contributed by atoms with Gasteiger partial charge in [-0.05, 0) is 29.7 Å². The number of rotatable bonds is 2. The zero-order valence-electron chi connectivity index (χ0n) is 11.5. The molecule has 0 saturated heterocycles. The van der Waals surface area contributed by atoms with Crippen molar-refractivity contribution in [2.45, 2.75) is 6.42 Å². The number of hydrogen-bond donors (Lipinski definition) is 0. The molecule has 1 aromatic heterocycles. The molecule has 0 fully saturated rings. The van der Waals surface area contributed by atoms with E-state index in [1.807, 2.05) is 18.2 Å². The molecule has 0 spiro atoms. The Morgan fingerprint density at radius 2 is 1.90 bits per heavy atom. The van der Waals surface area contributed by atoms with E-state index in [2.05, 4.69) is 23.2 Å². The minimum absolute atomic E-state index is 0.159. The van der Waals surface area contributed by atoms with Crippen LogP contribution in [0.25, 0.3) is 5.57 Å². The van der Waals surface area contributed by atoms with Crippen LogP contribution in [-0.4, -0.2) is 28.9 Å². The highest BCUT2D eigenvalue weighted by atomic mass is 19.1. The molecule has 1 aliphatic heterocycles. The van der Waals surface area contributed by atoms with Crippen LogP contribution in [0, 0.1) is 5.95 Å². The highest BCUT2D eigenvalue weighted by molar-refractivity contribution is 5.92. The van der Waals surface area contributed by atoms with Crippen molar-refractivity contribution in [3.63, 3.8) is 0 Å². The van der Waals surface area contributed by atoms with E-state index in [1.54, 1.807) is 11.0 Å². The lowest BCUT2D eigenvalue weighted by Crippen LogP contribution is -2.35. The Kier molecular flexibility index (Phi) is 3.77. The van der Waals surface area contributed by atoms with Crippen molar-refractivity contribution in [2.24, 2.45) is 0 Å². The van der Waals surface area contributed by atoms with Crippen LogP contribution in [0.15, 0.2) is 54.6 Å². The van der Waals surface area contributed by atoms with Gasteiger partial charge in [0.05, 0.1) is 0 Å². The normalized spacial score (nSPS) is 14.7. The molecule has 1 aromatic carbocycles. The second-order valence-electron chi connectivity index (χ2n) is 4.94. The lowest BCUT2D eigenvalue weighted by molar-refractivity contribution is 0.0765. The molecule has 1 aliphatic rings. The maximum Gasteiger partial charge on any atom is 0.272 e. The standard InChI is InChI=1S/C17H15FN2O/c18-16-8-4-7-15(19-16)17(21)20-11-9-14(10-12-20)13-5-2-1-3-6-13/h1-9H,10-12H2. The molecule has 21 heavy (non-hydrogen) atoms. The van der Waals surface area contributed by atoms with Crippen molar-refractivity contribution in [1.29, 1.82) is 0 Å². The van der Waals surface area contributed by atoms with Gasteiger partial charge in [0.25, 0.3) is 5.91 Å². The van der Waals surface area contributed by atoms with Crippen LogP contribution in [-0.2, 0) is 0 Å². The molecule has 106 valence electrons. The van der Waals surface area contributed by atoms with Gasteiger partial charge in [0.1, 0.15) is 5.69 Å². The predicted octanol–water partition coefficient (Wildman–Crippen LogP) is 3.15. The summed E-state index contributed by atoms with van der Waals surface area (Å²) in [5.41, 5.74) is 2.59. The van der Waals surface area contributed by atoms with E-state index < -0.39 is 5.95 Å². The van der Waals surface area contributed by atoms with Crippen LogP contribution in [0.4, 0.5) is 4.39 Å². The van der Waals surface area contributed by atoms with E-state index in [1.165, 1.54) is 23.3 Å². The van der Waals surface area contributed by atoms with Crippen molar-refractivity contribution in [1.82, 2.24) is 9.88 Å². The van der Waals surface area contributed by atoms with Crippen molar-refractivity contribution >= 4 is 11.5 Å². The highest BCUT2D eigenvalue weighted by Crippen LogP contribution is 2.22. The van der Waals surface area contributed by atoms with E-state index in [-0.39, 0.29) is 11.6 Å². The van der Waals surface area contributed by atoms with Gasteiger partial charge >= 0.3 is 0 Å². The van der Waals surface area contributed by atoms with Crippen LogP contribution in [0.2, 0.25) is 0 Å². The van der Waals surface area contributed by atoms with Gasteiger partial charge < -0.3 is 4.90 Å². The Morgan fingerprint density at radius 1 is 1.10 bits per heavy atom. The van der Waals surface area contributed by atoms with Gasteiger partial charge in [-0.25, -0.2) is 4.98 Å². The summed E-state index contributed by atoms with van der Waals surface area (Å²) in [4.78, 5) is 17.6. The monoisotopic (exact) mass is 282 g/mol. The molecule has 0 N–H and O–H groups in total. The number of nitrogens with zero attached hydrogens (tertiary/aromatic N) is 2. The van der Waals surface area contributed by atoms with Gasteiger partial charge in [0.2, 0.25) is 5.95 Å². The first kappa shape index (κ1) is 13.5. The molecule has 0 radical (unpaired) electrons. The molecule has 0 saturated carbocycles. The Labute approximate surface area is 122 Å². The van der Waals surface area contributed by atoms with Crippen LogP contribution >= 0.6 is 0 Å². The van der Waals surface area contributed by atoms with Gasteiger partial charge in [-0.2, -0.15) is 4.39 Å². The summed E-state index contributed by atoms with van der Waals surface area (Å²) >= 11 is 0. The van der Waals surface area contributed by atoms with E-state index in [0.29, 0.717) is 13.1 Å². The lowest BCUT2D eigenvalue weighted by Gasteiger charge is -2.26. The van der Waals surface area contributed by atoms with Gasteiger partial charge in [-0.1, -0.05) is 42.5 Å². The number of benzene rings is 1. The van der Waals surface area contributed by atoms with Crippen LogP contribution in [0.1, 0.15) is 22.5 Å². The SMILES string of the molecule is O=C(c1cccc(F)n1)N1CC=C(c2ccccc2)CC1. The molecular formula is C17H15FN2O. The first-order valence-corrected chi connectivity index (χ1v) is 6.90. The maximum absolute atomic E-state index is 13.1. The minimum Gasteiger partial charge on any atom is -0.333 e. The maximum atomic E-state index is 13.1. The fourth-order valence-corrected chi connectivity index (χ4v) is 2.46. The number of carbonyl (C=O) groups excluding carboxylic acids is 1. The summed E-state index contributed by atoms with van der Waals surface area (Å²) in [6, 6.07) is 14.4. The second-order valence-corrected chi connectivity index (χ2v) is 4.94. The van der Waals surface area contributed by atoms with Gasteiger partial charge in [0.15, 0.2) is 0 Å². The smallest absolute Gasteiger partial charge is 0.272 e. The van der Waals surface area contributed by atoms with Gasteiger partial charge in [-0.15, -0.1) is 0 Å². The third-order valence-electron chi connectivity index (χ3n) is 3.58. The lowest BCUT2D eigenvalue weighted by atomic mass is 9.99. The van der Waals surface area contributed by atoms with E-state index in [0.717, 1.165) is 6.42 Å². The van der Waals surface area contributed by atoms with Gasteiger partial charge in [0, 0.05) is 13.1 Å². The molecule has 3 rings (SSSR count). The Morgan fingerprint density at radius 3 is 2.57 bits per heavy atom. The molecule has 2 aromatic rings. The quantitative estimate of drug-likeness (QED) is 0.793. The number of carbonyl (C=O) groups is 1. The predicted molar refractivity (Wildman–Crippen MR) is 79.1 cm³/mol. The van der Waals surface area contributed by atoms with E-state index in [9.17, 15) is 9.18 Å². The van der Waals surface area contributed by atoms with E-state index >= 15 is 0 Å². The third-order valence-corrected chi connectivity index (χ3v) is 3.58. The van der Waals surface area contributed by atoms with Crippen LogP contribution in [0.3, 0.4) is 0 Å².